The number of aryl methyl sites for hydroxylation is 1. The topological polar surface area (TPSA) is 23.3 Å². The van der Waals surface area contributed by atoms with Crippen LogP contribution >= 0.6 is 0 Å². The van der Waals surface area contributed by atoms with Gasteiger partial charge in [0.05, 0.1) is 0 Å². The number of para-hydroxylation sites is 3. The van der Waals surface area contributed by atoms with Gasteiger partial charge in [-0.2, -0.15) is 0 Å². The summed E-state index contributed by atoms with van der Waals surface area (Å²) in [7, 11) is 0. The van der Waals surface area contributed by atoms with Crippen LogP contribution in [0.15, 0.2) is 42.5 Å². The molecule has 2 aromatic carbocycles. The van der Waals surface area contributed by atoms with Crippen molar-refractivity contribution in [1.29, 1.82) is 0 Å². The van der Waals surface area contributed by atoms with Crippen molar-refractivity contribution < 1.29 is 4.74 Å². The van der Waals surface area contributed by atoms with E-state index in [1.54, 1.807) is 0 Å². The molecule has 1 heterocycles. The fourth-order valence-electron chi connectivity index (χ4n) is 3.48. The minimum Gasteiger partial charge on any atom is -0.453 e. The molecule has 0 atom stereocenters. The van der Waals surface area contributed by atoms with Crippen LogP contribution in [0.3, 0.4) is 0 Å². The Kier molecular flexibility index (Phi) is 6.79. The minimum absolute atomic E-state index is 0.857. The SMILES string of the molecule is CCCCCCCCCCCc1cccc2c1[N]c1ccccc1O2. The van der Waals surface area contributed by atoms with Crippen LogP contribution in [0.1, 0.15) is 70.3 Å². The highest BCUT2D eigenvalue weighted by atomic mass is 16.5. The maximum absolute atomic E-state index is 6.02. The molecule has 0 saturated heterocycles. The zero-order valence-corrected chi connectivity index (χ0v) is 15.5. The van der Waals surface area contributed by atoms with E-state index in [2.05, 4.69) is 19.1 Å². The van der Waals surface area contributed by atoms with Crippen molar-refractivity contribution in [3.05, 3.63) is 48.0 Å². The highest BCUT2D eigenvalue weighted by molar-refractivity contribution is 5.70. The molecule has 0 aliphatic carbocycles. The van der Waals surface area contributed by atoms with Gasteiger partial charge in [-0.15, -0.1) is 0 Å². The van der Waals surface area contributed by atoms with Crippen LogP contribution in [0, 0.1) is 0 Å². The fourth-order valence-corrected chi connectivity index (χ4v) is 3.48. The van der Waals surface area contributed by atoms with Crippen molar-refractivity contribution in [3.63, 3.8) is 0 Å². The average molecular weight is 336 g/mol. The summed E-state index contributed by atoms with van der Waals surface area (Å²) in [6.45, 7) is 2.28. The van der Waals surface area contributed by atoms with Crippen molar-refractivity contribution in [2.45, 2.75) is 71.1 Å². The Labute approximate surface area is 152 Å². The molecule has 1 radical (unpaired) electrons. The van der Waals surface area contributed by atoms with Gasteiger partial charge in [-0.25, -0.2) is 5.32 Å². The van der Waals surface area contributed by atoms with Gasteiger partial charge in [0.15, 0.2) is 11.5 Å². The number of fused-ring (bicyclic) bond motifs is 2. The molecule has 3 rings (SSSR count). The maximum Gasteiger partial charge on any atom is 0.153 e. The number of unbranched alkanes of at least 4 members (excludes halogenated alkanes) is 8. The van der Waals surface area contributed by atoms with Crippen molar-refractivity contribution in [3.8, 4) is 11.5 Å². The fraction of sp³-hybridized carbons (Fsp3) is 0.478. The zero-order chi connectivity index (χ0) is 17.3. The van der Waals surface area contributed by atoms with Crippen LogP contribution in [0.5, 0.6) is 11.5 Å². The average Bonchev–Trinajstić information content (AvgIpc) is 2.65. The van der Waals surface area contributed by atoms with Crippen molar-refractivity contribution in [2.75, 3.05) is 0 Å². The smallest absolute Gasteiger partial charge is 0.153 e. The van der Waals surface area contributed by atoms with E-state index in [1.807, 2.05) is 30.3 Å². The first-order chi connectivity index (χ1) is 12.4. The molecule has 0 saturated carbocycles. The van der Waals surface area contributed by atoms with E-state index in [0.717, 1.165) is 29.3 Å². The first kappa shape index (κ1) is 17.8. The minimum atomic E-state index is 0.857. The van der Waals surface area contributed by atoms with E-state index in [-0.39, 0.29) is 0 Å². The Balaban J connectivity index is 1.44. The van der Waals surface area contributed by atoms with Gasteiger partial charge in [-0.3, -0.25) is 0 Å². The molecule has 133 valence electrons. The summed E-state index contributed by atoms with van der Waals surface area (Å²) in [5.41, 5.74) is 3.28. The molecule has 0 spiro atoms. The molecule has 2 aromatic rings. The van der Waals surface area contributed by atoms with E-state index in [1.165, 1.54) is 63.4 Å². The highest BCUT2D eigenvalue weighted by Crippen LogP contribution is 2.43. The lowest BCUT2D eigenvalue weighted by Crippen LogP contribution is -2.04. The third kappa shape index (κ3) is 5.01. The summed E-state index contributed by atoms with van der Waals surface area (Å²) in [6, 6.07) is 14.3. The van der Waals surface area contributed by atoms with Gasteiger partial charge in [-0.05, 0) is 36.6 Å². The molecule has 0 fully saturated rings. The lowest BCUT2D eigenvalue weighted by molar-refractivity contribution is 0.470. The number of ether oxygens (including phenoxy) is 1. The third-order valence-corrected chi connectivity index (χ3v) is 4.95. The molecule has 0 N–H and O–H groups in total. The van der Waals surface area contributed by atoms with Gasteiger partial charge in [0, 0.05) is 0 Å². The van der Waals surface area contributed by atoms with Gasteiger partial charge >= 0.3 is 0 Å². The summed E-state index contributed by atoms with van der Waals surface area (Å²) in [6.07, 6.45) is 13.3. The Morgan fingerprint density at radius 3 is 2.20 bits per heavy atom. The first-order valence-corrected chi connectivity index (χ1v) is 9.99. The second-order valence-corrected chi connectivity index (χ2v) is 7.02. The lowest BCUT2D eigenvalue weighted by Gasteiger charge is -2.21. The van der Waals surface area contributed by atoms with Crippen LogP contribution in [0.2, 0.25) is 0 Å². The summed E-state index contributed by atoms with van der Waals surface area (Å²) < 4.78 is 6.02. The molecule has 0 aromatic heterocycles. The molecular weight excluding hydrogens is 306 g/mol. The number of benzene rings is 2. The number of rotatable bonds is 10. The Bertz CT molecular complexity index is 665. The van der Waals surface area contributed by atoms with Crippen LogP contribution in [0.25, 0.3) is 0 Å². The summed E-state index contributed by atoms with van der Waals surface area (Å²) in [4.78, 5) is 0. The molecule has 25 heavy (non-hydrogen) atoms. The molecule has 2 heteroatoms. The molecule has 2 nitrogen and oxygen atoms in total. The van der Waals surface area contributed by atoms with Crippen molar-refractivity contribution in [2.24, 2.45) is 0 Å². The standard InChI is InChI=1S/C23H30NO/c1-2-3-4-5-6-7-8-9-10-14-19-15-13-18-22-23(19)24-20-16-11-12-17-21(20)25-22/h11-13,15-18H,2-10,14H2,1H3. The first-order valence-electron chi connectivity index (χ1n) is 9.99. The normalized spacial score (nSPS) is 12.0. The van der Waals surface area contributed by atoms with Crippen LogP contribution in [-0.4, -0.2) is 0 Å². The molecule has 0 amide bonds. The van der Waals surface area contributed by atoms with Crippen molar-refractivity contribution in [1.82, 2.24) is 5.32 Å². The maximum atomic E-state index is 6.02. The number of nitrogens with zero attached hydrogens (tertiary/aromatic N) is 1. The second kappa shape index (κ2) is 9.50. The second-order valence-electron chi connectivity index (χ2n) is 7.02. The zero-order valence-electron chi connectivity index (χ0n) is 15.5. The van der Waals surface area contributed by atoms with Crippen LogP contribution in [0.4, 0.5) is 11.4 Å². The predicted octanol–water partition coefficient (Wildman–Crippen LogP) is 7.43. The lowest BCUT2D eigenvalue weighted by atomic mass is 10.0. The van der Waals surface area contributed by atoms with Gasteiger partial charge in [-0.1, -0.05) is 82.6 Å². The molecular formula is C23H30NO. The Hall–Kier alpha value is -1.96. The summed E-state index contributed by atoms with van der Waals surface area (Å²) in [5.74, 6) is 1.75. The van der Waals surface area contributed by atoms with Crippen LogP contribution in [-0.2, 0) is 6.42 Å². The predicted molar refractivity (Wildman–Crippen MR) is 105 cm³/mol. The van der Waals surface area contributed by atoms with Crippen LogP contribution < -0.4 is 10.1 Å². The number of hydrogen-bond donors (Lipinski definition) is 0. The summed E-state index contributed by atoms with van der Waals surface area (Å²) >= 11 is 0. The highest BCUT2D eigenvalue weighted by Gasteiger charge is 2.19. The summed E-state index contributed by atoms with van der Waals surface area (Å²) in [5, 5.41) is 4.84. The quantitative estimate of drug-likeness (QED) is 0.353. The third-order valence-electron chi connectivity index (χ3n) is 4.95. The van der Waals surface area contributed by atoms with Gasteiger partial charge in [0.1, 0.15) is 11.4 Å². The largest absolute Gasteiger partial charge is 0.453 e. The Morgan fingerprint density at radius 1 is 0.720 bits per heavy atom. The van der Waals surface area contributed by atoms with Gasteiger partial charge < -0.3 is 4.74 Å². The molecule has 1 aliphatic rings. The van der Waals surface area contributed by atoms with Crippen molar-refractivity contribution >= 4 is 11.4 Å². The van der Waals surface area contributed by atoms with E-state index in [9.17, 15) is 0 Å². The van der Waals surface area contributed by atoms with E-state index < -0.39 is 0 Å². The molecule has 0 unspecified atom stereocenters. The van der Waals surface area contributed by atoms with E-state index >= 15 is 0 Å². The van der Waals surface area contributed by atoms with Gasteiger partial charge in [0.2, 0.25) is 0 Å². The number of hydrogen-bond acceptors (Lipinski definition) is 1. The Morgan fingerprint density at radius 2 is 1.40 bits per heavy atom. The van der Waals surface area contributed by atoms with Gasteiger partial charge in [0.25, 0.3) is 0 Å². The molecule has 0 bridgehead atoms. The van der Waals surface area contributed by atoms with E-state index in [0.29, 0.717) is 0 Å². The molecule has 1 aliphatic heterocycles. The monoisotopic (exact) mass is 336 g/mol. The van der Waals surface area contributed by atoms with E-state index in [4.69, 9.17) is 10.1 Å².